The van der Waals surface area contributed by atoms with Crippen LogP contribution in [0.1, 0.15) is 37.5 Å². The first-order valence-corrected chi connectivity index (χ1v) is 11.2. The second-order valence-corrected chi connectivity index (χ2v) is 9.74. The van der Waals surface area contributed by atoms with Crippen molar-refractivity contribution in [2.24, 2.45) is 7.05 Å². The van der Waals surface area contributed by atoms with Crippen LogP contribution >= 0.6 is 0 Å². The van der Waals surface area contributed by atoms with E-state index in [1.165, 1.54) is 11.1 Å². The molecule has 0 radical (unpaired) electrons. The van der Waals surface area contributed by atoms with Crippen LogP contribution in [-0.4, -0.2) is 0 Å². The maximum absolute atomic E-state index is 9.66. The van der Waals surface area contributed by atoms with Crippen LogP contribution in [0.25, 0.3) is 44.3 Å². The molecule has 0 saturated carbocycles. The summed E-state index contributed by atoms with van der Waals surface area (Å²) in [5, 5.41) is 11.8. The molecule has 0 saturated heterocycles. The van der Waals surface area contributed by atoms with Crippen LogP contribution < -0.4 is 4.57 Å². The maximum atomic E-state index is 9.66. The van der Waals surface area contributed by atoms with E-state index in [0.717, 1.165) is 44.3 Å². The lowest BCUT2D eigenvalue weighted by Crippen LogP contribution is -2.32. The molecule has 0 atom stereocenters. The molecule has 0 spiro atoms. The van der Waals surface area contributed by atoms with Crippen molar-refractivity contribution in [2.75, 3.05) is 0 Å². The fourth-order valence-electron chi connectivity index (χ4n) is 4.59. The average molecular weight is 432 g/mol. The Balaban J connectivity index is 1.86. The highest BCUT2D eigenvalue weighted by molar-refractivity contribution is 6.13. The Hall–Kier alpha value is -3.90. The normalized spacial score (nSPS) is 11.8. The van der Waals surface area contributed by atoms with E-state index in [0.29, 0.717) is 5.56 Å². The summed E-state index contributed by atoms with van der Waals surface area (Å²) in [5.41, 5.74) is 8.92. The molecule has 3 aromatic carbocycles. The van der Waals surface area contributed by atoms with Crippen molar-refractivity contribution in [3.8, 4) is 28.5 Å². The van der Waals surface area contributed by atoms with Crippen LogP contribution in [0.15, 0.2) is 77.3 Å². The van der Waals surface area contributed by atoms with E-state index in [2.05, 4.69) is 81.9 Å². The number of furan rings is 1. The molecule has 0 unspecified atom stereocenters. The molecule has 0 fully saturated rings. The molecule has 0 N–H and O–H groups in total. The van der Waals surface area contributed by atoms with E-state index in [-0.39, 0.29) is 5.41 Å². The van der Waals surface area contributed by atoms with Gasteiger partial charge in [0.15, 0.2) is 6.20 Å². The predicted octanol–water partition coefficient (Wildman–Crippen LogP) is 7.22. The highest BCUT2D eigenvalue weighted by Crippen LogP contribution is 2.41. The smallest absolute Gasteiger partial charge is 0.216 e. The molecule has 0 bridgehead atoms. The standard InChI is InChI=1S/C30H27N2O/c1-19-13-14-25-24-12-8-11-23(22-10-7-6-9-20(22)18-31)28(24)33-29(25)27(19)26-17-21(30(2,3)4)15-16-32(26)5/h6-17H,1-5H3/q+1. The fraction of sp³-hybridized carbons (Fsp3) is 0.200. The summed E-state index contributed by atoms with van der Waals surface area (Å²) in [5.74, 6) is 0. The minimum absolute atomic E-state index is 0.0485. The van der Waals surface area contributed by atoms with Gasteiger partial charge in [0.1, 0.15) is 18.2 Å². The van der Waals surface area contributed by atoms with Crippen molar-refractivity contribution in [1.29, 1.82) is 5.26 Å². The molecule has 3 nitrogen and oxygen atoms in total. The monoisotopic (exact) mass is 431 g/mol. The number of rotatable bonds is 2. The number of nitrogens with zero attached hydrogens (tertiary/aromatic N) is 2. The third-order valence-corrected chi connectivity index (χ3v) is 6.49. The van der Waals surface area contributed by atoms with Crippen molar-refractivity contribution in [2.45, 2.75) is 33.1 Å². The number of aryl methyl sites for hydroxylation is 2. The lowest BCUT2D eigenvalue weighted by atomic mass is 9.86. The Bertz CT molecular complexity index is 1580. The van der Waals surface area contributed by atoms with Gasteiger partial charge in [-0.05, 0) is 29.5 Å². The summed E-state index contributed by atoms with van der Waals surface area (Å²) in [6.45, 7) is 8.84. The van der Waals surface area contributed by atoms with Gasteiger partial charge >= 0.3 is 0 Å². The number of pyridine rings is 1. The van der Waals surface area contributed by atoms with Gasteiger partial charge in [0, 0.05) is 34.0 Å². The van der Waals surface area contributed by atoms with Gasteiger partial charge in [-0.15, -0.1) is 0 Å². The van der Waals surface area contributed by atoms with E-state index < -0.39 is 0 Å². The summed E-state index contributed by atoms with van der Waals surface area (Å²) >= 11 is 0. The number of fused-ring (bicyclic) bond motifs is 3. The fourth-order valence-corrected chi connectivity index (χ4v) is 4.59. The van der Waals surface area contributed by atoms with Gasteiger partial charge in [-0.25, -0.2) is 4.57 Å². The van der Waals surface area contributed by atoms with Crippen LogP contribution in [0.4, 0.5) is 0 Å². The van der Waals surface area contributed by atoms with Gasteiger partial charge in [0.2, 0.25) is 5.69 Å². The summed E-state index contributed by atoms with van der Waals surface area (Å²) in [6, 6.07) is 25.0. The zero-order valence-corrected chi connectivity index (χ0v) is 19.7. The van der Waals surface area contributed by atoms with Crippen LogP contribution in [0.5, 0.6) is 0 Å². The number of nitriles is 1. The SMILES string of the molecule is Cc1ccc2c(oc3c(-c4ccccc4C#N)cccc32)c1-c1cc(C(C)(C)C)cc[n+]1C. The first-order valence-electron chi connectivity index (χ1n) is 11.2. The molecular formula is C30H27N2O+. The first kappa shape index (κ1) is 21.0. The van der Waals surface area contributed by atoms with E-state index in [1.54, 1.807) is 0 Å². The summed E-state index contributed by atoms with van der Waals surface area (Å²) in [4.78, 5) is 0. The van der Waals surface area contributed by atoms with Gasteiger partial charge in [-0.2, -0.15) is 5.26 Å². The zero-order chi connectivity index (χ0) is 23.3. The summed E-state index contributed by atoms with van der Waals surface area (Å²) < 4.78 is 8.82. The molecule has 0 aliphatic carbocycles. The lowest BCUT2D eigenvalue weighted by molar-refractivity contribution is -0.660. The molecule has 0 aliphatic rings. The van der Waals surface area contributed by atoms with Gasteiger partial charge in [0.25, 0.3) is 0 Å². The Morgan fingerprint density at radius 1 is 0.848 bits per heavy atom. The van der Waals surface area contributed by atoms with Gasteiger partial charge < -0.3 is 4.42 Å². The zero-order valence-electron chi connectivity index (χ0n) is 19.7. The largest absolute Gasteiger partial charge is 0.454 e. The van der Waals surface area contributed by atoms with Crippen molar-refractivity contribution < 1.29 is 8.98 Å². The molecule has 162 valence electrons. The second kappa shape index (κ2) is 7.60. The average Bonchev–Trinajstić information content (AvgIpc) is 3.17. The lowest BCUT2D eigenvalue weighted by Gasteiger charge is -2.19. The van der Waals surface area contributed by atoms with Gasteiger partial charge in [0.05, 0.1) is 17.2 Å². The number of hydrogen-bond acceptors (Lipinski definition) is 2. The highest BCUT2D eigenvalue weighted by atomic mass is 16.3. The van der Waals surface area contributed by atoms with E-state index in [1.807, 2.05) is 36.4 Å². The molecule has 5 rings (SSSR count). The topological polar surface area (TPSA) is 40.8 Å². The molecular weight excluding hydrogens is 404 g/mol. The third kappa shape index (κ3) is 3.39. The third-order valence-electron chi connectivity index (χ3n) is 6.49. The Morgan fingerprint density at radius 3 is 2.33 bits per heavy atom. The first-order chi connectivity index (χ1) is 15.8. The van der Waals surface area contributed by atoms with E-state index >= 15 is 0 Å². The number of benzene rings is 3. The van der Waals surface area contributed by atoms with Crippen LogP contribution in [0.3, 0.4) is 0 Å². The summed E-state index contributed by atoms with van der Waals surface area (Å²) in [6.07, 6.45) is 2.13. The Morgan fingerprint density at radius 2 is 1.58 bits per heavy atom. The number of para-hydroxylation sites is 1. The molecule has 3 heteroatoms. The molecule has 5 aromatic rings. The molecule has 2 heterocycles. The summed E-state index contributed by atoms with van der Waals surface area (Å²) in [7, 11) is 2.08. The van der Waals surface area contributed by atoms with Crippen molar-refractivity contribution in [3.05, 3.63) is 89.6 Å². The van der Waals surface area contributed by atoms with Crippen molar-refractivity contribution in [1.82, 2.24) is 0 Å². The molecule has 2 aromatic heterocycles. The van der Waals surface area contributed by atoms with Crippen molar-refractivity contribution in [3.63, 3.8) is 0 Å². The highest BCUT2D eigenvalue weighted by Gasteiger charge is 2.24. The molecule has 0 aliphatic heterocycles. The Labute approximate surface area is 194 Å². The quantitative estimate of drug-likeness (QED) is 0.277. The second-order valence-electron chi connectivity index (χ2n) is 9.74. The van der Waals surface area contributed by atoms with E-state index in [4.69, 9.17) is 4.42 Å². The van der Waals surface area contributed by atoms with Gasteiger partial charge in [-0.1, -0.05) is 69.3 Å². The number of aromatic nitrogens is 1. The van der Waals surface area contributed by atoms with Crippen LogP contribution in [0.2, 0.25) is 0 Å². The minimum Gasteiger partial charge on any atom is -0.454 e. The van der Waals surface area contributed by atoms with Crippen LogP contribution in [0, 0.1) is 18.3 Å². The predicted molar refractivity (Wildman–Crippen MR) is 134 cm³/mol. The molecule has 33 heavy (non-hydrogen) atoms. The van der Waals surface area contributed by atoms with E-state index in [9.17, 15) is 5.26 Å². The van der Waals surface area contributed by atoms with Crippen molar-refractivity contribution >= 4 is 21.9 Å². The minimum atomic E-state index is 0.0485. The van der Waals surface area contributed by atoms with Gasteiger partial charge in [-0.3, -0.25) is 0 Å². The van der Waals surface area contributed by atoms with Crippen LogP contribution in [-0.2, 0) is 12.5 Å². The number of hydrogen-bond donors (Lipinski definition) is 0. The Kier molecular flexibility index (Phi) is 4.83. The maximum Gasteiger partial charge on any atom is 0.216 e. The molecule has 0 amide bonds.